The summed E-state index contributed by atoms with van der Waals surface area (Å²) in [7, 11) is 0. The van der Waals surface area contributed by atoms with E-state index in [2.05, 4.69) is 12.2 Å². The summed E-state index contributed by atoms with van der Waals surface area (Å²) in [6.07, 6.45) is 2.49. The molecular formula is C17H26N2O2. The third-order valence-electron chi connectivity index (χ3n) is 3.53. The van der Waals surface area contributed by atoms with Gasteiger partial charge in [0.05, 0.1) is 0 Å². The van der Waals surface area contributed by atoms with Gasteiger partial charge in [0.2, 0.25) is 11.8 Å². The maximum Gasteiger partial charge on any atom is 0.220 e. The van der Waals surface area contributed by atoms with Crippen molar-refractivity contribution in [1.82, 2.24) is 10.2 Å². The minimum Gasteiger partial charge on any atom is -0.354 e. The third-order valence-corrected chi connectivity index (χ3v) is 3.53. The van der Waals surface area contributed by atoms with Gasteiger partial charge in [0.15, 0.2) is 0 Å². The number of carbonyl (C=O) groups is 2. The van der Waals surface area contributed by atoms with Crippen molar-refractivity contribution in [3.05, 3.63) is 35.4 Å². The summed E-state index contributed by atoms with van der Waals surface area (Å²) in [5.41, 5.74) is 2.32. The highest BCUT2D eigenvalue weighted by atomic mass is 16.2. The van der Waals surface area contributed by atoms with Gasteiger partial charge in [-0.2, -0.15) is 0 Å². The number of hydrogen-bond acceptors (Lipinski definition) is 2. The van der Waals surface area contributed by atoms with Crippen LogP contribution in [0.1, 0.15) is 44.2 Å². The normalized spacial score (nSPS) is 10.2. The molecule has 0 atom stereocenters. The summed E-state index contributed by atoms with van der Waals surface area (Å²) in [5.74, 6) is 0.0947. The average Bonchev–Trinajstić information content (AvgIpc) is 2.45. The second-order valence-electron chi connectivity index (χ2n) is 5.32. The van der Waals surface area contributed by atoms with E-state index in [1.807, 2.05) is 31.2 Å². The lowest BCUT2D eigenvalue weighted by Crippen LogP contribution is -2.37. The molecule has 0 spiro atoms. The molecule has 0 unspecified atom stereocenters. The van der Waals surface area contributed by atoms with E-state index in [0.717, 1.165) is 18.4 Å². The van der Waals surface area contributed by atoms with Crippen LogP contribution in [-0.2, 0) is 16.1 Å². The zero-order valence-corrected chi connectivity index (χ0v) is 13.3. The molecule has 1 aromatic carbocycles. The van der Waals surface area contributed by atoms with Crippen molar-refractivity contribution >= 4 is 11.8 Å². The molecule has 0 aliphatic rings. The summed E-state index contributed by atoms with van der Waals surface area (Å²) in [6.45, 7) is 7.31. The standard InChI is InChI=1S/C17H26N2O2/c1-4-5-10-17(21)18-11-12-19(15(3)20)13-16-9-7-6-8-14(16)2/h6-9H,4-5,10-13H2,1-3H3,(H,18,21). The number of rotatable bonds is 8. The second-order valence-corrected chi connectivity index (χ2v) is 5.32. The van der Waals surface area contributed by atoms with Gasteiger partial charge < -0.3 is 10.2 Å². The molecule has 0 bridgehead atoms. The smallest absolute Gasteiger partial charge is 0.220 e. The Morgan fingerprint density at radius 2 is 1.95 bits per heavy atom. The average molecular weight is 290 g/mol. The molecule has 1 rings (SSSR count). The highest BCUT2D eigenvalue weighted by molar-refractivity contribution is 5.76. The quantitative estimate of drug-likeness (QED) is 0.800. The first-order valence-electron chi connectivity index (χ1n) is 7.61. The molecule has 0 heterocycles. The number of amides is 2. The van der Waals surface area contributed by atoms with E-state index in [4.69, 9.17) is 0 Å². The summed E-state index contributed by atoms with van der Waals surface area (Å²) in [5, 5.41) is 2.87. The monoisotopic (exact) mass is 290 g/mol. The number of nitrogens with zero attached hydrogens (tertiary/aromatic N) is 1. The molecule has 0 aliphatic carbocycles. The Hall–Kier alpha value is -1.84. The minimum atomic E-state index is 0.0288. The molecule has 1 N–H and O–H groups in total. The first-order valence-corrected chi connectivity index (χ1v) is 7.61. The molecule has 2 amide bonds. The fourth-order valence-electron chi connectivity index (χ4n) is 2.10. The van der Waals surface area contributed by atoms with Gasteiger partial charge in [-0.05, 0) is 24.5 Å². The van der Waals surface area contributed by atoms with Crippen molar-refractivity contribution in [3.8, 4) is 0 Å². The highest BCUT2D eigenvalue weighted by Crippen LogP contribution is 2.10. The Morgan fingerprint density at radius 1 is 1.24 bits per heavy atom. The first-order chi connectivity index (χ1) is 10.0. The zero-order valence-electron chi connectivity index (χ0n) is 13.3. The SMILES string of the molecule is CCCCC(=O)NCCN(Cc1ccccc1C)C(C)=O. The van der Waals surface area contributed by atoms with Crippen molar-refractivity contribution in [3.63, 3.8) is 0 Å². The number of benzene rings is 1. The Balaban J connectivity index is 2.46. The van der Waals surface area contributed by atoms with Crippen LogP contribution in [0.25, 0.3) is 0 Å². The third kappa shape index (κ3) is 6.43. The second kappa shape index (κ2) is 9.16. The predicted octanol–water partition coefficient (Wildman–Crippen LogP) is 2.65. The fraction of sp³-hybridized carbons (Fsp3) is 0.529. The fourth-order valence-corrected chi connectivity index (χ4v) is 2.10. The molecule has 0 saturated heterocycles. The zero-order chi connectivity index (χ0) is 15.7. The Morgan fingerprint density at radius 3 is 2.57 bits per heavy atom. The molecule has 21 heavy (non-hydrogen) atoms. The molecule has 0 radical (unpaired) electrons. The molecule has 116 valence electrons. The number of hydrogen-bond donors (Lipinski definition) is 1. The lowest BCUT2D eigenvalue weighted by molar-refractivity contribution is -0.130. The maximum absolute atomic E-state index is 11.7. The van der Waals surface area contributed by atoms with Crippen molar-refractivity contribution in [2.45, 2.75) is 46.6 Å². The van der Waals surface area contributed by atoms with Crippen molar-refractivity contribution < 1.29 is 9.59 Å². The van der Waals surface area contributed by atoms with Crippen LogP contribution >= 0.6 is 0 Å². The highest BCUT2D eigenvalue weighted by Gasteiger charge is 2.11. The van der Waals surface area contributed by atoms with Crippen LogP contribution in [0.15, 0.2) is 24.3 Å². The molecule has 0 aromatic heterocycles. The van der Waals surface area contributed by atoms with Crippen LogP contribution in [-0.4, -0.2) is 29.8 Å². The van der Waals surface area contributed by atoms with Crippen LogP contribution in [0.4, 0.5) is 0 Å². The maximum atomic E-state index is 11.7. The summed E-state index contributed by atoms with van der Waals surface area (Å²) >= 11 is 0. The van der Waals surface area contributed by atoms with Crippen molar-refractivity contribution in [2.24, 2.45) is 0 Å². The van der Waals surface area contributed by atoms with E-state index in [1.165, 1.54) is 5.56 Å². The summed E-state index contributed by atoms with van der Waals surface area (Å²) < 4.78 is 0. The van der Waals surface area contributed by atoms with E-state index in [0.29, 0.717) is 26.1 Å². The van der Waals surface area contributed by atoms with Gasteiger partial charge in [-0.1, -0.05) is 37.6 Å². The number of carbonyl (C=O) groups excluding carboxylic acids is 2. The lowest BCUT2D eigenvalue weighted by Gasteiger charge is -2.22. The molecule has 4 heteroatoms. The van der Waals surface area contributed by atoms with E-state index in [9.17, 15) is 9.59 Å². The molecule has 1 aromatic rings. The minimum absolute atomic E-state index is 0.0288. The largest absolute Gasteiger partial charge is 0.354 e. The van der Waals surface area contributed by atoms with Gasteiger partial charge in [-0.15, -0.1) is 0 Å². The van der Waals surface area contributed by atoms with Crippen LogP contribution in [0, 0.1) is 6.92 Å². The first kappa shape index (κ1) is 17.2. The molecule has 0 aliphatic heterocycles. The van der Waals surface area contributed by atoms with E-state index in [-0.39, 0.29) is 11.8 Å². The summed E-state index contributed by atoms with van der Waals surface area (Å²) in [6, 6.07) is 8.04. The van der Waals surface area contributed by atoms with Gasteiger partial charge in [-0.3, -0.25) is 9.59 Å². The molecule has 4 nitrogen and oxygen atoms in total. The topological polar surface area (TPSA) is 49.4 Å². The number of aryl methyl sites for hydroxylation is 1. The van der Waals surface area contributed by atoms with Gasteiger partial charge in [-0.25, -0.2) is 0 Å². The number of nitrogens with one attached hydrogen (secondary N) is 1. The van der Waals surface area contributed by atoms with Crippen LogP contribution in [0.2, 0.25) is 0 Å². The molecular weight excluding hydrogens is 264 g/mol. The van der Waals surface area contributed by atoms with Gasteiger partial charge >= 0.3 is 0 Å². The van der Waals surface area contributed by atoms with E-state index in [1.54, 1.807) is 11.8 Å². The van der Waals surface area contributed by atoms with Crippen LogP contribution in [0.5, 0.6) is 0 Å². The van der Waals surface area contributed by atoms with Crippen molar-refractivity contribution in [2.75, 3.05) is 13.1 Å². The predicted molar refractivity (Wildman–Crippen MR) is 84.8 cm³/mol. The molecule has 0 fully saturated rings. The lowest BCUT2D eigenvalue weighted by atomic mass is 10.1. The van der Waals surface area contributed by atoms with Gasteiger partial charge in [0, 0.05) is 33.0 Å². The van der Waals surface area contributed by atoms with E-state index < -0.39 is 0 Å². The van der Waals surface area contributed by atoms with E-state index >= 15 is 0 Å². The van der Waals surface area contributed by atoms with Gasteiger partial charge in [0.25, 0.3) is 0 Å². The van der Waals surface area contributed by atoms with Crippen LogP contribution < -0.4 is 5.32 Å². The Kier molecular flexibility index (Phi) is 7.51. The molecule has 0 saturated carbocycles. The van der Waals surface area contributed by atoms with Crippen LogP contribution in [0.3, 0.4) is 0 Å². The van der Waals surface area contributed by atoms with Crippen molar-refractivity contribution in [1.29, 1.82) is 0 Å². The van der Waals surface area contributed by atoms with Gasteiger partial charge in [0.1, 0.15) is 0 Å². The Labute approximate surface area is 127 Å². The number of unbranched alkanes of at least 4 members (excludes halogenated alkanes) is 1. The summed E-state index contributed by atoms with van der Waals surface area (Å²) in [4.78, 5) is 25.0. The Bertz CT molecular complexity index is 472.